The van der Waals surface area contributed by atoms with Crippen molar-refractivity contribution in [2.45, 2.75) is 13.8 Å². The van der Waals surface area contributed by atoms with Gasteiger partial charge < -0.3 is 15.5 Å². The lowest BCUT2D eigenvalue weighted by atomic mass is 10.1. The normalized spacial score (nSPS) is 9.75. The van der Waals surface area contributed by atoms with Crippen LogP contribution in [0.1, 0.15) is 24.2 Å². The van der Waals surface area contributed by atoms with E-state index < -0.39 is 0 Å². The van der Waals surface area contributed by atoms with E-state index in [1.54, 1.807) is 31.2 Å². The van der Waals surface area contributed by atoms with Gasteiger partial charge in [0.15, 0.2) is 5.78 Å². The van der Waals surface area contributed by atoms with Gasteiger partial charge >= 0.3 is 6.03 Å². The van der Waals surface area contributed by atoms with Crippen LogP contribution in [-0.2, 0) is 4.79 Å². The molecule has 0 atom stereocenters. The molecule has 3 amide bonds. The van der Waals surface area contributed by atoms with Gasteiger partial charge in [0.1, 0.15) is 6.54 Å². The summed E-state index contributed by atoms with van der Waals surface area (Å²) in [5.74, 6) is -0.258. The molecular weight excluding hydrogens is 258 g/mol. The number of nitrogens with one attached hydrogen (secondary N) is 2. The second-order valence-electron chi connectivity index (χ2n) is 4.25. The Morgan fingerprint density at radius 1 is 1.15 bits per heavy atom. The van der Waals surface area contributed by atoms with Gasteiger partial charge in [0.05, 0.1) is 0 Å². The van der Waals surface area contributed by atoms with Crippen molar-refractivity contribution in [1.82, 2.24) is 10.2 Å². The van der Waals surface area contributed by atoms with E-state index in [1.807, 2.05) is 0 Å². The minimum atomic E-state index is -0.355. The number of likely N-dealkylation sites (N-methyl/N-ethyl adjacent to an activating group) is 2. The van der Waals surface area contributed by atoms with Gasteiger partial charge in [-0.15, -0.1) is 0 Å². The summed E-state index contributed by atoms with van der Waals surface area (Å²) in [5, 5.41) is 5.15. The van der Waals surface area contributed by atoms with E-state index in [9.17, 15) is 14.4 Å². The predicted molar refractivity (Wildman–Crippen MR) is 76.8 cm³/mol. The molecule has 0 unspecified atom stereocenters. The smallest absolute Gasteiger partial charge is 0.322 e. The molecule has 6 nitrogen and oxygen atoms in total. The van der Waals surface area contributed by atoms with Crippen molar-refractivity contribution in [2.24, 2.45) is 0 Å². The maximum atomic E-state index is 12.0. The Labute approximate surface area is 118 Å². The molecule has 0 spiro atoms. The summed E-state index contributed by atoms with van der Waals surface area (Å²) in [5.41, 5.74) is 1.16. The number of carbonyl (C=O) groups excluding carboxylic acids is 3. The minimum Gasteiger partial charge on any atom is -0.358 e. The Morgan fingerprint density at radius 2 is 1.75 bits per heavy atom. The first kappa shape index (κ1) is 15.7. The average molecular weight is 277 g/mol. The van der Waals surface area contributed by atoms with Crippen LogP contribution in [-0.4, -0.2) is 42.8 Å². The van der Waals surface area contributed by atoms with Crippen molar-refractivity contribution >= 4 is 23.4 Å². The largest absolute Gasteiger partial charge is 0.358 e. The first-order chi connectivity index (χ1) is 9.47. The van der Waals surface area contributed by atoms with E-state index in [4.69, 9.17) is 0 Å². The molecule has 6 heteroatoms. The lowest BCUT2D eigenvalue weighted by Crippen LogP contribution is -2.41. The lowest BCUT2D eigenvalue weighted by Gasteiger charge is -2.20. The van der Waals surface area contributed by atoms with Gasteiger partial charge in [0, 0.05) is 24.8 Å². The van der Waals surface area contributed by atoms with E-state index in [0.717, 1.165) is 0 Å². The third-order valence-corrected chi connectivity index (χ3v) is 2.82. The monoisotopic (exact) mass is 277 g/mol. The molecule has 1 rings (SSSR count). The molecule has 0 aliphatic carbocycles. The predicted octanol–water partition coefficient (Wildman–Crippen LogP) is 1.49. The Kier molecular flexibility index (Phi) is 5.71. The van der Waals surface area contributed by atoms with Crippen LogP contribution in [0.2, 0.25) is 0 Å². The zero-order valence-corrected chi connectivity index (χ0v) is 11.9. The fraction of sp³-hybridized carbons (Fsp3) is 0.357. The fourth-order valence-corrected chi connectivity index (χ4v) is 1.57. The highest BCUT2D eigenvalue weighted by Gasteiger charge is 2.14. The van der Waals surface area contributed by atoms with Crippen LogP contribution in [0.3, 0.4) is 0 Å². The van der Waals surface area contributed by atoms with Gasteiger partial charge in [-0.3, -0.25) is 9.59 Å². The van der Waals surface area contributed by atoms with Crippen LogP contribution < -0.4 is 10.6 Å². The third kappa shape index (κ3) is 4.38. The highest BCUT2D eigenvalue weighted by Crippen LogP contribution is 2.10. The Morgan fingerprint density at radius 3 is 2.20 bits per heavy atom. The molecule has 0 radical (unpaired) electrons. The first-order valence-corrected chi connectivity index (χ1v) is 6.35. The molecule has 0 saturated carbocycles. The van der Waals surface area contributed by atoms with E-state index in [2.05, 4.69) is 10.6 Å². The Hall–Kier alpha value is -2.37. The molecule has 1 aromatic carbocycles. The molecule has 20 heavy (non-hydrogen) atoms. The van der Waals surface area contributed by atoms with Crippen LogP contribution in [0.5, 0.6) is 0 Å². The number of ketones is 1. The van der Waals surface area contributed by atoms with Gasteiger partial charge in [-0.25, -0.2) is 4.79 Å². The van der Waals surface area contributed by atoms with Crippen molar-refractivity contribution < 1.29 is 14.4 Å². The van der Waals surface area contributed by atoms with Crippen molar-refractivity contribution in [1.29, 1.82) is 0 Å². The van der Waals surface area contributed by atoms with Gasteiger partial charge in [-0.05, 0) is 38.1 Å². The lowest BCUT2D eigenvalue weighted by molar-refractivity contribution is -0.121. The standard InChI is InChI=1S/C14H19N3O3/c1-4-17(9-13(19)15-3)14(20)16-12-7-5-11(6-8-12)10(2)18/h5-8H,4,9H2,1-3H3,(H,15,19)(H,16,20). The number of amides is 3. The molecule has 0 saturated heterocycles. The average Bonchev–Trinajstić information content (AvgIpc) is 2.44. The minimum absolute atomic E-state index is 0.00433. The number of anilines is 1. The van der Waals surface area contributed by atoms with Crippen molar-refractivity contribution in [3.8, 4) is 0 Å². The molecule has 2 N–H and O–H groups in total. The summed E-state index contributed by atoms with van der Waals surface area (Å²) in [6, 6.07) is 6.25. The number of carbonyl (C=O) groups is 3. The van der Waals surface area contributed by atoms with Crippen LogP contribution in [0.4, 0.5) is 10.5 Å². The number of hydrogen-bond acceptors (Lipinski definition) is 3. The zero-order valence-electron chi connectivity index (χ0n) is 11.9. The van der Waals surface area contributed by atoms with Crippen LogP contribution in [0, 0.1) is 0 Å². The number of rotatable bonds is 5. The third-order valence-electron chi connectivity index (χ3n) is 2.82. The maximum Gasteiger partial charge on any atom is 0.322 e. The second-order valence-corrected chi connectivity index (χ2v) is 4.25. The molecular formula is C14H19N3O3. The number of hydrogen-bond donors (Lipinski definition) is 2. The molecule has 0 aliphatic heterocycles. The summed E-state index contributed by atoms with van der Waals surface area (Å²) >= 11 is 0. The number of Topliss-reactive ketones (excluding diaryl/α,β-unsaturated/α-hetero) is 1. The summed E-state index contributed by atoms with van der Waals surface area (Å²) in [6.07, 6.45) is 0. The van der Waals surface area contributed by atoms with Gasteiger partial charge in [0.25, 0.3) is 0 Å². The molecule has 0 aliphatic rings. The molecule has 1 aromatic rings. The number of nitrogens with zero attached hydrogens (tertiary/aromatic N) is 1. The summed E-state index contributed by atoms with van der Waals surface area (Å²) in [7, 11) is 1.52. The highest BCUT2D eigenvalue weighted by atomic mass is 16.2. The van der Waals surface area contributed by atoms with E-state index in [0.29, 0.717) is 17.8 Å². The van der Waals surface area contributed by atoms with Crippen molar-refractivity contribution in [3.05, 3.63) is 29.8 Å². The molecule has 0 fully saturated rings. The Balaban J connectivity index is 2.68. The van der Waals surface area contributed by atoms with Crippen LogP contribution in [0.15, 0.2) is 24.3 Å². The zero-order chi connectivity index (χ0) is 15.1. The molecule has 0 heterocycles. The summed E-state index contributed by atoms with van der Waals surface area (Å²) in [4.78, 5) is 35.8. The van der Waals surface area contributed by atoms with Crippen molar-refractivity contribution in [2.75, 3.05) is 25.5 Å². The number of urea groups is 1. The van der Waals surface area contributed by atoms with Gasteiger partial charge in [-0.1, -0.05) is 0 Å². The summed E-state index contributed by atoms with van der Waals surface area (Å²) in [6.45, 7) is 3.70. The number of benzene rings is 1. The summed E-state index contributed by atoms with van der Waals surface area (Å²) < 4.78 is 0. The fourth-order valence-electron chi connectivity index (χ4n) is 1.57. The highest BCUT2D eigenvalue weighted by molar-refractivity contribution is 5.96. The van der Waals surface area contributed by atoms with E-state index >= 15 is 0 Å². The van der Waals surface area contributed by atoms with Crippen LogP contribution in [0.25, 0.3) is 0 Å². The van der Waals surface area contributed by atoms with Gasteiger partial charge in [0.2, 0.25) is 5.91 Å². The van der Waals surface area contributed by atoms with Crippen molar-refractivity contribution in [3.63, 3.8) is 0 Å². The molecule has 0 aromatic heterocycles. The van der Waals surface area contributed by atoms with E-state index in [-0.39, 0.29) is 24.3 Å². The topological polar surface area (TPSA) is 78.5 Å². The first-order valence-electron chi connectivity index (χ1n) is 6.35. The second kappa shape index (κ2) is 7.28. The SMILES string of the molecule is CCN(CC(=O)NC)C(=O)Nc1ccc(C(C)=O)cc1. The van der Waals surface area contributed by atoms with Gasteiger partial charge in [-0.2, -0.15) is 0 Å². The molecule has 0 bridgehead atoms. The van der Waals surface area contributed by atoms with E-state index in [1.165, 1.54) is 18.9 Å². The molecule has 108 valence electrons. The maximum absolute atomic E-state index is 12.0. The Bertz CT molecular complexity index is 497. The quantitative estimate of drug-likeness (QED) is 0.800. The van der Waals surface area contributed by atoms with Crippen LogP contribution >= 0.6 is 0 Å².